The van der Waals surface area contributed by atoms with Crippen LogP contribution in [0, 0.1) is 10.1 Å². The molecule has 70 valence electrons. The number of nitrogens with one attached hydrogen (secondary N) is 1. The third kappa shape index (κ3) is 1.15. The van der Waals surface area contributed by atoms with Crippen LogP contribution in [-0.4, -0.2) is 9.91 Å². The SMILES string of the molecule is O=c1[nH]ccc2cccc([N+](=O)[O-])c12. The number of hydrogen-bond acceptors (Lipinski definition) is 3. The third-order valence-electron chi connectivity index (χ3n) is 1.98. The number of H-pyrrole nitrogens is 1. The first-order chi connectivity index (χ1) is 6.70. The fourth-order valence-electron chi connectivity index (χ4n) is 1.38. The first-order valence-electron chi connectivity index (χ1n) is 3.95. The average molecular weight is 190 g/mol. The van der Waals surface area contributed by atoms with Gasteiger partial charge in [-0.1, -0.05) is 12.1 Å². The van der Waals surface area contributed by atoms with Crippen molar-refractivity contribution in [2.24, 2.45) is 0 Å². The topological polar surface area (TPSA) is 76.0 Å². The summed E-state index contributed by atoms with van der Waals surface area (Å²) in [5.74, 6) is 0. The summed E-state index contributed by atoms with van der Waals surface area (Å²) in [5.41, 5.74) is -0.598. The van der Waals surface area contributed by atoms with Crippen LogP contribution in [0.4, 0.5) is 5.69 Å². The van der Waals surface area contributed by atoms with Crippen LogP contribution in [0.5, 0.6) is 0 Å². The van der Waals surface area contributed by atoms with E-state index in [-0.39, 0.29) is 11.1 Å². The highest BCUT2D eigenvalue weighted by atomic mass is 16.6. The molecular weight excluding hydrogens is 184 g/mol. The second-order valence-electron chi connectivity index (χ2n) is 2.81. The number of nitro groups is 1. The van der Waals surface area contributed by atoms with E-state index in [1.54, 1.807) is 18.2 Å². The Labute approximate surface area is 78.1 Å². The summed E-state index contributed by atoms with van der Waals surface area (Å²) in [4.78, 5) is 23.8. The van der Waals surface area contributed by atoms with Gasteiger partial charge in [-0.2, -0.15) is 0 Å². The van der Waals surface area contributed by atoms with Gasteiger partial charge in [-0.15, -0.1) is 0 Å². The lowest BCUT2D eigenvalue weighted by Crippen LogP contribution is -2.06. The minimum atomic E-state index is -0.558. The van der Waals surface area contributed by atoms with E-state index < -0.39 is 10.5 Å². The lowest BCUT2D eigenvalue weighted by Gasteiger charge is -1.96. The highest BCUT2D eigenvalue weighted by molar-refractivity contribution is 5.89. The van der Waals surface area contributed by atoms with Crippen molar-refractivity contribution in [1.29, 1.82) is 0 Å². The zero-order chi connectivity index (χ0) is 10.1. The summed E-state index contributed by atoms with van der Waals surface area (Å²) in [6.45, 7) is 0. The highest BCUT2D eigenvalue weighted by Gasteiger charge is 2.13. The van der Waals surface area contributed by atoms with Crippen LogP contribution in [0.25, 0.3) is 10.8 Å². The van der Waals surface area contributed by atoms with Gasteiger partial charge in [-0.3, -0.25) is 14.9 Å². The highest BCUT2D eigenvalue weighted by Crippen LogP contribution is 2.20. The molecule has 5 heteroatoms. The first-order valence-corrected chi connectivity index (χ1v) is 3.95. The van der Waals surface area contributed by atoms with Gasteiger partial charge in [0.2, 0.25) is 0 Å². The summed E-state index contributed by atoms with van der Waals surface area (Å²) >= 11 is 0. The average Bonchev–Trinajstić information content (AvgIpc) is 2.17. The van der Waals surface area contributed by atoms with Crippen LogP contribution >= 0.6 is 0 Å². The molecule has 2 rings (SSSR count). The molecule has 2 aromatic rings. The van der Waals surface area contributed by atoms with E-state index >= 15 is 0 Å². The van der Waals surface area contributed by atoms with Crippen LogP contribution in [0.15, 0.2) is 35.3 Å². The molecule has 1 aromatic carbocycles. The molecule has 0 saturated heterocycles. The predicted molar refractivity (Wildman–Crippen MR) is 51.2 cm³/mol. The summed E-state index contributed by atoms with van der Waals surface area (Å²) in [6.07, 6.45) is 1.47. The number of aromatic nitrogens is 1. The lowest BCUT2D eigenvalue weighted by molar-refractivity contribution is -0.383. The maximum atomic E-state index is 11.3. The predicted octanol–water partition coefficient (Wildman–Crippen LogP) is 1.44. The number of nitrogens with zero attached hydrogens (tertiary/aromatic N) is 1. The van der Waals surface area contributed by atoms with Gasteiger partial charge in [0.05, 0.1) is 4.92 Å². The summed E-state index contributed by atoms with van der Waals surface area (Å²) in [5, 5.41) is 11.3. The van der Waals surface area contributed by atoms with Crippen LogP contribution in [0.1, 0.15) is 0 Å². The van der Waals surface area contributed by atoms with Gasteiger partial charge in [0.1, 0.15) is 5.39 Å². The molecule has 1 heterocycles. The lowest BCUT2D eigenvalue weighted by atomic mass is 10.1. The molecule has 0 saturated carbocycles. The van der Waals surface area contributed by atoms with E-state index in [0.717, 1.165) is 0 Å². The number of pyridine rings is 1. The maximum Gasteiger partial charge on any atom is 0.282 e. The molecule has 0 aliphatic carbocycles. The molecule has 5 nitrogen and oxygen atoms in total. The standard InChI is InChI=1S/C9H6N2O3/c12-9-8-6(4-5-10-9)2-1-3-7(8)11(13)14/h1-5H,(H,10,12). The molecule has 0 fully saturated rings. The largest absolute Gasteiger partial charge is 0.328 e. The van der Waals surface area contributed by atoms with E-state index in [4.69, 9.17) is 0 Å². The number of rotatable bonds is 1. The minimum Gasteiger partial charge on any atom is -0.328 e. The number of hydrogen-bond donors (Lipinski definition) is 1. The van der Waals surface area contributed by atoms with Gasteiger partial charge >= 0.3 is 0 Å². The fourth-order valence-corrected chi connectivity index (χ4v) is 1.38. The van der Waals surface area contributed by atoms with Crippen molar-refractivity contribution in [3.63, 3.8) is 0 Å². The van der Waals surface area contributed by atoms with Gasteiger partial charge in [-0.25, -0.2) is 0 Å². The van der Waals surface area contributed by atoms with Gasteiger partial charge in [-0.05, 0) is 11.5 Å². The Morgan fingerprint density at radius 3 is 2.79 bits per heavy atom. The van der Waals surface area contributed by atoms with Crippen molar-refractivity contribution in [2.75, 3.05) is 0 Å². The molecule has 0 unspecified atom stereocenters. The summed E-state index contributed by atoms with van der Waals surface area (Å²) in [7, 11) is 0. The molecule has 0 bridgehead atoms. The molecule has 0 spiro atoms. The van der Waals surface area contributed by atoms with Crippen molar-refractivity contribution in [2.45, 2.75) is 0 Å². The van der Waals surface area contributed by atoms with Gasteiger partial charge in [0, 0.05) is 12.3 Å². The zero-order valence-corrected chi connectivity index (χ0v) is 7.06. The van der Waals surface area contributed by atoms with Crippen molar-refractivity contribution < 1.29 is 4.92 Å². The number of fused-ring (bicyclic) bond motifs is 1. The maximum absolute atomic E-state index is 11.3. The van der Waals surface area contributed by atoms with Crippen molar-refractivity contribution in [3.8, 4) is 0 Å². The van der Waals surface area contributed by atoms with Crippen LogP contribution in [-0.2, 0) is 0 Å². The Balaban J connectivity index is 2.99. The fraction of sp³-hybridized carbons (Fsp3) is 0. The van der Waals surface area contributed by atoms with E-state index in [1.807, 2.05) is 0 Å². The van der Waals surface area contributed by atoms with E-state index in [0.29, 0.717) is 5.39 Å². The van der Waals surface area contributed by atoms with Crippen molar-refractivity contribution >= 4 is 16.5 Å². The molecular formula is C9H6N2O3. The Morgan fingerprint density at radius 1 is 1.29 bits per heavy atom. The third-order valence-corrected chi connectivity index (χ3v) is 1.98. The monoisotopic (exact) mass is 190 g/mol. The second-order valence-corrected chi connectivity index (χ2v) is 2.81. The molecule has 0 amide bonds. The summed E-state index contributed by atoms with van der Waals surface area (Å²) < 4.78 is 0. The van der Waals surface area contributed by atoms with Crippen molar-refractivity contribution in [3.05, 3.63) is 50.9 Å². The van der Waals surface area contributed by atoms with E-state index in [9.17, 15) is 14.9 Å². The molecule has 0 atom stereocenters. The smallest absolute Gasteiger partial charge is 0.282 e. The molecule has 1 aromatic heterocycles. The van der Waals surface area contributed by atoms with Gasteiger partial charge in [0.25, 0.3) is 11.2 Å². The molecule has 0 radical (unpaired) electrons. The Bertz CT molecular complexity index is 554. The Hall–Kier alpha value is -2.17. The molecule has 0 aliphatic heterocycles. The quantitative estimate of drug-likeness (QED) is 0.546. The minimum absolute atomic E-state index is 0.125. The number of nitro benzene ring substituents is 1. The van der Waals surface area contributed by atoms with Crippen LogP contribution in [0.2, 0.25) is 0 Å². The number of non-ortho nitro benzene ring substituents is 1. The molecule has 14 heavy (non-hydrogen) atoms. The molecule has 1 N–H and O–H groups in total. The van der Waals surface area contributed by atoms with Crippen LogP contribution < -0.4 is 5.56 Å². The first kappa shape index (κ1) is 8.43. The Kier molecular flexibility index (Phi) is 1.78. The zero-order valence-electron chi connectivity index (χ0n) is 7.06. The van der Waals surface area contributed by atoms with E-state index in [1.165, 1.54) is 12.3 Å². The number of benzene rings is 1. The van der Waals surface area contributed by atoms with E-state index in [2.05, 4.69) is 4.98 Å². The van der Waals surface area contributed by atoms with Crippen molar-refractivity contribution in [1.82, 2.24) is 4.98 Å². The Morgan fingerprint density at radius 2 is 2.07 bits per heavy atom. The second kappa shape index (κ2) is 2.95. The van der Waals surface area contributed by atoms with Gasteiger partial charge in [0.15, 0.2) is 0 Å². The molecule has 0 aliphatic rings. The van der Waals surface area contributed by atoms with Gasteiger partial charge < -0.3 is 4.98 Å². The summed E-state index contributed by atoms with van der Waals surface area (Å²) in [6, 6.07) is 6.17. The normalized spacial score (nSPS) is 10.3. The number of aromatic amines is 1. The van der Waals surface area contributed by atoms with Crippen LogP contribution in [0.3, 0.4) is 0 Å².